The van der Waals surface area contributed by atoms with Crippen molar-refractivity contribution in [1.82, 2.24) is 0 Å². The average Bonchev–Trinajstić information content (AvgIpc) is 2.59. The number of halogens is 1. The van der Waals surface area contributed by atoms with Crippen LogP contribution in [0.25, 0.3) is 11.1 Å². The number of hydrogen-bond acceptors (Lipinski definition) is 2. The Hall–Kier alpha value is -2.49. The van der Waals surface area contributed by atoms with Gasteiger partial charge in [-0.05, 0) is 67.9 Å². The Morgan fingerprint density at radius 3 is 2.54 bits per heavy atom. The van der Waals surface area contributed by atoms with Gasteiger partial charge in [0.05, 0.1) is 6.10 Å². The lowest BCUT2D eigenvalue weighted by atomic mass is 9.69. The molecule has 2 N–H and O–H groups in total. The van der Waals surface area contributed by atoms with Gasteiger partial charge >= 0.3 is 0 Å². The maximum atomic E-state index is 14.2. The third-order valence-electron chi connectivity index (χ3n) is 4.91. The highest BCUT2D eigenvalue weighted by molar-refractivity contribution is 6.24. The van der Waals surface area contributed by atoms with E-state index in [1.807, 2.05) is 26.0 Å². The number of carbonyl (C=O) groups excluding carboxylic acids is 1. The molecule has 0 radical (unpaired) electrons. The number of rotatable bonds is 7. The highest BCUT2D eigenvalue weighted by Gasteiger charge is 2.31. The van der Waals surface area contributed by atoms with Crippen LogP contribution in [-0.4, -0.2) is 18.1 Å². The van der Waals surface area contributed by atoms with Crippen LogP contribution in [0.5, 0.6) is 5.75 Å². The zero-order chi connectivity index (χ0) is 18.7. The van der Waals surface area contributed by atoms with E-state index in [9.17, 15) is 9.18 Å². The fourth-order valence-electron chi connectivity index (χ4n) is 3.53. The van der Waals surface area contributed by atoms with Crippen molar-refractivity contribution < 1.29 is 19.3 Å². The third-order valence-corrected chi connectivity index (χ3v) is 4.91. The van der Waals surface area contributed by atoms with E-state index in [0.717, 1.165) is 24.6 Å². The van der Waals surface area contributed by atoms with E-state index < -0.39 is 0 Å². The highest BCUT2D eigenvalue weighted by atomic mass is 19.1. The first kappa shape index (κ1) is 18.3. The summed E-state index contributed by atoms with van der Waals surface area (Å²) in [7, 11) is 0. The van der Waals surface area contributed by atoms with Gasteiger partial charge in [-0.15, -0.1) is 0 Å². The van der Waals surface area contributed by atoms with Gasteiger partial charge < -0.3 is 4.74 Å². The van der Waals surface area contributed by atoms with Crippen molar-refractivity contribution in [1.29, 1.82) is 0 Å². The Balaban J connectivity index is 1.69. The molecule has 3 rings (SSSR count). The van der Waals surface area contributed by atoms with Crippen LogP contribution >= 0.6 is 0 Å². The first-order valence-corrected chi connectivity index (χ1v) is 9.10. The fourth-order valence-corrected chi connectivity index (χ4v) is 3.53. The van der Waals surface area contributed by atoms with E-state index in [-0.39, 0.29) is 17.7 Å². The smallest absolute Gasteiger partial charge is 0.218 e. The molecule has 0 aromatic heterocycles. The van der Waals surface area contributed by atoms with Gasteiger partial charge in [0.2, 0.25) is 12.0 Å². The molecule has 0 amide bonds. The molecule has 0 spiro atoms. The van der Waals surface area contributed by atoms with Crippen LogP contribution in [-0.2, 0) is 4.79 Å². The second-order valence-electron chi connectivity index (χ2n) is 7.30. The summed E-state index contributed by atoms with van der Waals surface area (Å²) in [5, 5.41) is 5.25. The number of carbonyl (C=O) groups is 1. The van der Waals surface area contributed by atoms with Gasteiger partial charge in [0.1, 0.15) is 11.6 Å². The minimum atomic E-state index is -0.255. The maximum absolute atomic E-state index is 14.2. The zero-order valence-electron chi connectivity index (χ0n) is 15.2. The van der Waals surface area contributed by atoms with Gasteiger partial charge in [-0.3, -0.25) is 10.2 Å². The van der Waals surface area contributed by atoms with E-state index >= 15 is 0 Å². The lowest BCUT2D eigenvalue weighted by Gasteiger charge is -2.35. The van der Waals surface area contributed by atoms with E-state index in [2.05, 4.69) is 12.1 Å². The first-order valence-electron chi connectivity index (χ1n) is 9.10. The second kappa shape index (κ2) is 7.81. The first-order chi connectivity index (χ1) is 12.5. The van der Waals surface area contributed by atoms with Crippen LogP contribution in [0, 0.1) is 11.7 Å². The van der Waals surface area contributed by atoms with E-state index in [4.69, 9.17) is 10.1 Å². The summed E-state index contributed by atoms with van der Waals surface area (Å²) in [4.78, 5) is 11.4. The molecule has 0 unspecified atom stereocenters. The van der Waals surface area contributed by atoms with Crippen molar-refractivity contribution >= 4 is 12.0 Å². The molecule has 1 aliphatic carbocycles. The number of nitrogens with two attached hydrogens (primary N) is 1. The lowest BCUT2D eigenvalue weighted by molar-refractivity contribution is -0.131. The number of hydrogen-bond donors (Lipinski definition) is 1. The van der Waals surface area contributed by atoms with Gasteiger partial charge in [0.25, 0.3) is 0 Å². The van der Waals surface area contributed by atoms with E-state index in [1.165, 1.54) is 11.6 Å². The average molecular weight is 354 g/mol. The predicted octanol–water partition coefficient (Wildman–Crippen LogP) is 3.56. The SMILES string of the molecule is CC(C)Oc1ccc(F)c(-c2ccc(C3CC(CC(=O)C=[NH2+])C3)cc2)c1. The zero-order valence-corrected chi connectivity index (χ0v) is 15.2. The maximum Gasteiger partial charge on any atom is 0.218 e. The van der Waals surface area contributed by atoms with Crippen molar-refractivity contribution in [3.8, 4) is 16.9 Å². The largest absolute Gasteiger partial charge is 0.491 e. The molecule has 1 saturated carbocycles. The summed E-state index contributed by atoms with van der Waals surface area (Å²) >= 11 is 0. The van der Waals surface area contributed by atoms with Crippen LogP contribution in [0.15, 0.2) is 42.5 Å². The molecule has 0 bridgehead atoms. The Kier molecular flexibility index (Phi) is 5.50. The quantitative estimate of drug-likeness (QED) is 0.773. The van der Waals surface area contributed by atoms with Crippen LogP contribution in [0.4, 0.5) is 4.39 Å². The van der Waals surface area contributed by atoms with Crippen LogP contribution in [0.1, 0.15) is 44.6 Å². The van der Waals surface area contributed by atoms with Gasteiger partial charge in [0.15, 0.2) is 0 Å². The topological polar surface area (TPSA) is 51.9 Å². The minimum Gasteiger partial charge on any atom is -0.491 e. The minimum absolute atomic E-state index is 0.0165. The summed E-state index contributed by atoms with van der Waals surface area (Å²) in [6.45, 7) is 3.89. The molecule has 0 aliphatic heterocycles. The molecule has 26 heavy (non-hydrogen) atoms. The standard InChI is InChI=1S/C22H24FNO2/c1-14(2)26-20-7-8-22(23)21(12-20)17-5-3-16(4-6-17)18-9-15(10-18)11-19(25)13-24/h3-8,12-15,18,24H,9-11H2,1-2H3/p+1. The van der Waals surface area contributed by atoms with Crippen molar-refractivity contribution in [3.63, 3.8) is 0 Å². The summed E-state index contributed by atoms with van der Waals surface area (Å²) in [6, 6.07) is 12.9. The van der Waals surface area contributed by atoms with Gasteiger partial charge in [-0.1, -0.05) is 24.3 Å². The molecule has 0 atom stereocenters. The molecular weight excluding hydrogens is 329 g/mol. The second-order valence-corrected chi connectivity index (χ2v) is 7.30. The molecule has 1 fully saturated rings. The highest BCUT2D eigenvalue weighted by Crippen LogP contribution is 2.43. The predicted molar refractivity (Wildman–Crippen MR) is 101 cm³/mol. The van der Waals surface area contributed by atoms with Crippen molar-refractivity contribution in [2.45, 2.75) is 45.1 Å². The molecule has 1 aliphatic rings. The lowest BCUT2D eigenvalue weighted by Crippen LogP contribution is -2.36. The fraction of sp³-hybridized carbons (Fsp3) is 0.364. The molecular formula is C22H25FNO2+. The van der Waals surface area contributed by atoms with Gasteiger partial charge in [-0.25, -0.2) is 4.39 Å². The molecule has 2 aromatic rings. The number of ketones is 1. The van der Waals surface area contributed by atoms with E-state index in [0.29, 0.717) is 29.6 Å². The third kappa shape index (κ3) is 4.18. The van der Waals surface area contributed by atoms with Crippen LogP contribution < -0.4 is 10.1 Å². The summed E-state index contributed by atoms with van der Waals surface area (Å²) in [6.07, 6.45) is 3.76. The van der Waals surface area contributed by atoms with E-state index in [1.54, 1.807) is 12.1 Å². The Bertz CT molecular complexity index is 792. The molecule has 0 heterocycles. The normalized spacial score (nSPS) is 19.1. The van der Waals surface area contributed by atoms with Crippen LogP contribution in [0.2, 0.25) is 0 Å². The van der Waals surface area contributed by atoms with Crippen molar-refractivity contribution in [2.75, 3.05) is 0 Å². The number of benzene rings is 2. The van der Waals surface area contributed by atoms with Crippen molar-refractivity contribution in [3.05, 3.63) is 53.8 Å². The summed E-state index contributed by atoms with van der Waals surface area (Å²) in [5.74, 6) is 1.33. The molecule has 4 heteroatoms. The number of ether oxygens (including phenoxy) is 1. The Morgan fingerprint density at radius 2 is 1.92 bits per heavy atom. The summed E-state index contributed by atoms with van der Waals surface area (Å²) in [5.41, 5.74) is 2.62. The molecule has 0 saturated heterocycles. The van der Waals surface area contributed by atoms with Gasteiger partial charge in [-0.2, -0.15) is 0 Å². The Labute approximate surface area is 153 Å². The molecule has 2 aromatic carbocycles. The van der Waals surface area contributed by atoms with Gasteiger partial charge in [0, 0.05) is 12.0 Å². The van der Waals surface area contributed by atoms with Crippen molar-refractivity contribution in [2.24, 2.45) is 5.92 Å². The molecule has 3 nitrogen and oxygen atoms in total. The monoisotopic (exact) mass is 354 g/mol. The Morgan fingerprint density at radius 1 is 1.23 bits per heavy atom. The number of Topliss-reactive ketones (excluding diaryl/α,β-unsaturated/α-hetero) is 1. The summed E-state index contributed by atoms with van der Waals surface area (Å²) < 4.78 is 19.9. The molecule has 136 valence electrons. The van der Waals surface area contributed by atoms with Crippen LogP contribution in [0.3, 0.4) is 0 Å².